The van der Waals surface area contributed by atoms with Crippen LogP contribution in [0, 0.1) is 11.7 Å². The van der Waals surface area contributed by atoms with Crippen molar-refractivity contribution in [3.63, 3.8) is 0 Å². The standard InChI is InChI=1S/C19H18ClFN4O4.ClH/c20-14-3-1-11(7-15(14)21)17-13(8-22-5-6-28-17)10-25-9-12(2-4-16(25)26)18-23-19(27)29-24-18;/h1-4,7,9,13,17,22H,5-6,8,10H2,(H,23,24,27);1H/t13-,17-;/m0./s1. The molecule has 3 aromatic rings. The number of aromatic nitrogens is 3. The number of aromatic amines is 1. The van der Waals surface area contributed by atoms with Gasteiger partial charge in [-0.3, -0.25) is 14.3 Å². The van der Waals surface area contributed by atoms with E-state index >= 15 is 0 Å². The highest BCUT2D eigenvalue weighted by Crippen LogP contribution is 2.30. The molecule has 8 nitrogen and oxygen atoms in total. The van der Waals surface area contributed by atoms with Crippen LogP contribution in [0.4, 0.5) is 4.39 Å². The van der Waals surface area contributed by atoms with Gasteiger partial charge in [0, 0.05) is 43.4 Å². The molecule has 0 aliphatic carbocycles. The van der Waals surface area contributed by atoms with Gasteiger partial charge in [0.25, 0.3) is 5.56 Å². The predicted molar refractivity (Wildman–Crippen MR) is 111 cm³/mol. The molecular formula is C19H19Cl2FN4O4. The highest BCUT2D eigenvalue weighted by Gasteiger charge is 2.27. The molecule has 1 saturated heterocycles. The second-order valence-electron chi connectivity index (χ2n) is 6.78. The first-order valence-corrected chi connectivity index (χ1v) is 9.43. The Morgan fingerprint density at radius 2 is 2.10 bits per heavy atom. The normalized spacial score (nSPS) is 19.1. The molecule has 2 N–H and O–H groups in total. The topological polar surface area (TPSA) is 102 Å². The Bertz CT molecular complexity index is 1130. The highest BCUT2D eigenvalue weighted by molar-refractivity contribution is 6.30. The number of H-pyrrole nitrogens is 1. The lowest BCUT2D eigenvalue weighted by molar-refractivity contribution is 0.0249. The molecule has 1 aromatic carbocycles. The first kappa shape index (κ1) is 22.2. The summed E-state index contributed by atoms with van der Waals surface area (Å²) in [6.45, 7) is 2.00. The second kappa shape index (κ2) is 9.57. The van der Waals surface area contributed by atoms with Crippen molar-refractivity contribution in [3.05, 3.63) is 73.8 Å². The summed E-state index contributed by atoms with van der Waals surface area (Å²) in [5.41, 5.74) is 0.975. The fraction of sp³-hybridized carbons (Fsp3) is 0.316. The SMILES string of the molecule is Cl.O=c1[nH]c(-c2ccc(=O)n(C[C@@H]3CNCCO[C@H]3c3ccc(Cl)c(F)c3)c2)no1. The van der Waals surface area contributed by atoms with Gasteiger partial charge in [0.2, 0.25) is 0 Å². The summed E-state index contributed by atoms with van der Waals surface area (Å²) in [4.78, 5) is 26.1. The summed E-state index contributed by atoms with van der Waals surface area (Å²) in [5, 5.41) is 6.97. The van der Waals surface area contributed by atoms with Crippen LogP contribution < -0.4 is 16.6 Å². The molecule has 1 aliphatic rings. The molecular weight excluding hydrogens is 438 g/mol. The van der Waals surface area contributed by atoms with E-state index < -0.39 is 17.7 Å². The maximum atomic E-state index is 14.0. The molecule has 0 spiro atoms. The average molecular weight is 457 g/mol. The number of hydrogen-bond donors (Lipinski definition) is 2. The first-order valence-electron chi connectivity index (χ1n) is 9.05. The van der Waals surface area contributed by atoms with Gasteiger partial charge >= 0.3 is 5.76 Å². The molecule has 0 saturated carbocycles. The van der Waals surface area contributed by atoms with Gasteiger partial charge in [-0.1, -0.05) is 22.8 Å². The van der Waals surface area contributed by atoms with E-state index in [1.807, 2.05) is 0 Å². The largest absolute Gasteiger partial charge is 0.439 e. The predicted octanol–water partition coefficient (Wildman–Crippen LogP) is 2.38. The van der Waals surface area contributed by atoms with E-state index in [4.69, 9.17) is 16.3 Å². The van der Waals surface area contributed by atoms with Crippen molar-refractivity contribution in [2.24, 2.45) is 5.92 Å². The lowest BCUT2D eigenvalue weighted by Crippen LogP contribution is -2.32. The van der Waals surface area contributed by atoms with E-state index in [0.29, 0.717) is 37.4 Å². The van der Waals surface area contributed by atoms with Gasteiger partial charge in [-0.2, -0.15) is 0 Å². The number of pyridine rings is 1. The molecule has 2 aromatic heterocycles. The van der Waals surface area contributed by atoms with Gasteiger partial charge in [0.1, 0.15) is 5.82 Å². The summed E-state index contributed by atoms with van der Waals surface area (Å²) in [5.74, 6) is -1.11. The lowest BCUT2D eigenvalue weighted by Gasteiger charge is -2.26. The molecule has 11 heteroatoms. The number of rotatable bonds is 4. The Balaban J connectivity index is 0.00000256. The van der Waals surface area contributed by atoms with E-state index in [1.54, 1.807) is 18.3 Å². The van der Waals surface area contributed by atoms with Crippen LogP contribution >= 0.6 is 24.0 Å². The fourth-order valence-electron chi connectivity index (χ4n) is 3.43. The van der Waals surface area contributed by atoms with E-state index in [2.05, 4.69) is 20.0 Å². The maximum Gasteiger partial charge on any atom is 0.439 e. The van der Waals surface area contributed by atoms with Crippen molar-refractivity contribution < 1.29 is 13.7 Å². The first-order chi connectivity index (χ1) is 14.0. The van der Waals surface area contributed by atoms with Gasteiger partial charge in [-0.15, -0.1) is 12.4 Å². The van der Waals surface area contributed by atoms with Crippen LogP contribution in [0.5, 0.6) is 0 Å². The van der Waals surface area contributed by atoms with Crippen molar-refractivity contribution in [2.75, 3.05) is 19.7 Å². The third-order valence-electron chi connectivity index (χ3n) is 4.81. The van der Waals surface area contributed by atoms with Gasteiger partial charge < -0.3 is 14.6 Å². The molecule has 3 heterocycles. The monoisotopic (exact) mass is 456 g/mol. The van der Waals surface area contributed by atoms with Crippen LogP contribution in [-0.2, 0) is 11.3 Å². The zero-order chi connectivity index (χ0) is 20.4. The van der Waals surface area contributed by atoms with Crippen LogP contribution in [0.25, 0.3) is 11.4 Å². The van der Waals surface area contributed by atoms with Gasteiger partial charge in [-0.05, 0) is 23.8 Å². The average Bonchev–Trinajstić information content (AvgIpc) is 3.01. The quantitative estimate of drug-likeness (QED) is 0.624. The fourth-order valence-corrected chi connectivity index (χ4v) is 3.55. The summed E-state index contributed by atoms with van der Waals surface area (Å²) in [7, 11) is 0. The minimum Gasteiger partial charge on any atom is -0.372 e. The minimum absolute atomic E-state index is 0. The maximum absolute atomic E-state index is 14.0. The molecule has 160 valence electrons. The Morgan fingerprint density at radius 1 is 1.27 bits per heavy atom. The van der Waals surface area contributed by atoms with Crippen LogP contribution in [0.1, 0.15) is 11.7 Å². The number of benzene rings is 1. The Kier molecular flexibility index (Phi) is 7.09. The van der Waals surface area contributed by atoms with Gasteiger partial charge in [0.15, 0.2) is 5.82 Å². The Morgan fingerprint density at radius 3 is 2.83 bits per heavy atom. The number of halogens is 3. The molecule has 1 fully saturated rings. The molecule has 0 radical (unpaired) electrons. The smallest absolute Gasteiger partial charge is 0.372 e. The Hall–Kier alpha value is -2.46. The molecule has 2 atom stereocenters. The van der Waals surface area contributed by atoms with Crippen molar-refractivity contribution in [1.29, 1.82) is 0 Å². The van der Waals surface area contributed by atoms with Crippen molar-refractivity contribution in [3.8, 4) is 11.4 Å². The summed E-state index contributed by atoms with van der Waals surface area (Å²) >= 11 is 5.80. The molecule has 0 bridgehead atoms. The van der Waals surface area contributed by atoms with Crippen LogP contribution in [-0.4, -0.2) is 34.4 Å². The van der Waals surface area contributed by atoms with Crippen LogP contribution in [0.2, 0.25) is 5.02 Å². The number of ether oxygens (including phenoxy) is 1. The van der Waals surface area contributed by atoms with Crippen molar-refractivity contribution >= 4 is 24.0 Å². The summed E-state index contributed by atoms with van der Waals surface area (Å²) < 4.78 is 26.0. The number of nitrogens with zero attached hydrogens (tertiary/aromatic N) is 2. The summed E-state index contributed by atoms with van der Waals surface area (Å²) in [6.07, 6.45) is 1.18. The van der Waals surface area contributed by atoms with Crippen LogP contribution in [0.15, 0.2) is 50.6 Å². The van der Waals surface area contributed by atoms with E-state index in [9.17, 15) is 14.0 Å². The highest BCUT2D eigenvalue weighted by atomic mass is 35.5. The molecule has 0 unspecified atom stereocenters. The second-order valence-corrected chi connectivity index (χ2v) is 7.19. The van der Waals surface area contributed by atoms with E-state index in [-0.39, 0.29) is 34.7 Å². The zero-order valence-corrected chi connectivity index (χ0v) is 17.2. The van der Waals surface area contributed by atoms with E-state index in [1.165, 1.54) is 22.8 Å². The molecule has 1 aliphatic heterocycles. The van der Waals surface area contributed by atoms with Crippen molar-refractivity contribution in [1.82, 2.24) is 20.0 Å². The van der Waals surface area contributed by atoms with Gasteiger partial charge in [-0.25, -0.2) is 9.18 Å². The lowest BCUT2D eigenvalue weighted by atomic mass is 9.95. The molecule has 4 rings (SSSR count). The third kappa shape index (κ3) is 4.81. The Labute approximate surface area is 181 Å². The number of nitrogens with one attached hydrogen (secondary N) is 2. The van der Waals surface area contributed by atoms with Crippen LogP contribution in [0.3, 0.4) is 0 Å². The third-order valence-corrected chi connectivity index (χ3v) is 5.12. The number of hydrogen-bond acceptors (Lipinski definition) is 6. The van der Waals surface area contributed by atoms with Crippen molar-refractivity contribution in [2.45, 2.75) is 12.6 Å². The van der Waals surface area contributed by atoms with Gasteiger partial charge in [0.05, 0.1) is 17.7 Å². The van der Waals surface area contributed by atoms with E-state index in [0.717, 1.165) is 0 Å². The minimum atomic E-state index is -0.677. The zero-order valence-electron chi connectivity index (χ0n) is 15.6. The molecule has 30 heavy (non-hydrogen) atoms. The summed E-state index contributed by atoms with van der Waals surface area (Å²) in [6, 6.07) is 7.54. The molecule has 0 amide bonds.